The van der Waals surface area contributed by atoms with E-state index in [9.17, 15) is 0 Å². The highest BCUT2D eigenvalue weighted by atomic mass is 32.2. The Morgan fingerprint density at radius 1 is 1.47 bits per heavy atom. The monoisotopic (exact) mass is 281 g/mol. The van der Waals surface area contributed by atoms with Gasteiger partial charge in [-0.1, -0.05) is 18.1 Å². The van der Waals surface area contributed by atoms with Gasteiger partial charge in [0.1, 0.15) is 0 Å². The third-order valence-corrected chi connectivity index (χ3v) is 4.50. The van der Waals surface area contributed by atoms with E-state index in [1.807, 2.05) is 31.5 Å². The molecule has 0 aliphatic carbocycles. The molecule has 4 nitrogen and oxygen atoms in total. The predicted octanol–water partition coefficient (Wildman–Crippen LogP) is 3.13. The fourth-order valence-electron chi connectivity index (χ4n) is 1.84. The normalized spacial score (nSPS) is 12.6. The van der Waals surface area contributed by atoms with Gasteiger partial charge in [0.05, 0.1) is 5.56 Å². The van der Waals surface area contributed by atoms with Gasteiger partial charge in [-0.25, -0.2) is 0 Å². The molecule has 19 heavy (non-hydrogen) atoms. The van der Waals surface area contributed by atoms with Crippen LogP contribution in [0.25, 0.3) is 0 Å². The van der Waals surface area contributed by atoms with Gasteiger partial charge in [-0.05, 0) is 38.7 Å². The molecule has 0 fully saturated rings. The summed E-state index contributed by atoms with van der Waals surface area (Å²) < 4.78 is 0. The largest absolute Gasteiger partial charge is 0.409 e. The molecule has 106 valence electrons. The second kappa shape index (κ2) is 6.19. The fraction of sp³-hybridized carbons (Fsp3) is 0.500. The van der Waals surface area contributed by atoms with Crippen LogP contribution in [-0.2, 0) is 0 Å². The van der Waals surface area contributed by atoms with Gasteiger partial charge < -0.3 is 15.8 Å². The van der Waals surface area contributed by atoms with Crippen LogP contribution in [0, 0.1) is 0 Å². The lowest BCUT2D eigenvalue weighted by Gasteiger charge is -2.38. The van der Waals surface area contributed by atoms with E-state index in [2.05, 4.69) is 30.8 Å². The molecule has 5 heteroatoms. The lowest BCUT2D eigenvalue weighted by atomic mass is 9.97. The summed E-state index contributed by atoms with van der Waals surface area (Å²) in [6.45, 7) is 6.50. The van der Waals surface area contributed by atoms with Gasteiger partial charge >= 0.3 is 0 Å². The van der Waals surface area contributed by atoms with E-state index < -0.39 is 0 Å². The second-order valence-corrected chi connectivity index (χ2v) is 5.91. The molecule has 0 saturated carbocycles. The van der Waals surface area contributed by atoms with E-state index in [4.69, 9.17) is 10.9 Å². The first kappa shape index (κ1) is 15.7. The minimum absolute atomic E-state index is 0.00151. The number of amidine groups is 1. The van der Waals surface area contributed by atoms with Crippen molar-refractivity contribution in [2.45, 2.75) is 37.6 Å². The lowest BCUT2D eigenvalue weighted by molar-refractivity contribution is 0.318. The third kappa shape index (κ3) is 3.15. The standard InChI is InChI=1S/C14H23N3OS/c1-6-14(2,3)17(4)10-8-7-9-11(19-5)12(10)13(15)16-18/h7-9,18H,6H2,1-5H3,(H2,15,16). The molecule has 0 atom stereocenters. The molecular weight excluding hydrogens is 258 g/mol. The van der Waals surface area contributed by atoms with Crippen molar-refractivity contribution in [1.82, 2.24) is 0 Å². The molecule has 0 saturated heterocycles. The molecule has 0 spiro atoms. The highest BCUT2D eigenvalue weighted by Gasteiger charge is 2.25. The number of oxime groups is 1. The highest BCUT2D eigenvalue weighted by Crippen LogP contribution is 2.33. The second-order valence-electron chi connectivity index (χ2n) is 5.06. The molecule has 0 heterocycles. The summed E-state index contributed by atoms with van der Waals surface area (Å²) in [5, 5.41) is 12.2. The first-order chi connectivity index (χ1) is 8.88. The maximum absolute atomic E-state index is 9.01. The third-order valence-electron chi connectivity index (χ3n) is 3.72. The Hall–Kier alpha value is -1.36. The molecule has 1 rings (SSSR count). The van der Waals surface area contributed by atoms with Crippen molar-refractivity contribution in [2.75, 3.05) is 18.2 Å². The molecule has 0 amide bonds. The summed E-state index contributed by atoms with van der Waals surface area (Å²) in [6.07, 6.45) is 2.99. The van der Waals surface area contributed by atoms with Crippen molar-refractivity contribution in [2.24, 2.45) is 10.9 Å². The number of anilines is 1. The van der Waals surface area contributed by atoms with Gasteiger partial charge in [0.25, 0.3) is 0 Å². The zero-order valence-corrected chi connectivity index (χ0v) is 13.1. The van der Waals surface area contributed by atoms with Gasteiger partial charge in [-0.3, -0.25) is 0 Å². The van der Waals surface area contributed by atoms with E-state index in [0.717, 1.165) is 22.6 Å². The number of benzene rings is 1. The van der Waals surface area contributed by atoms with Crippen LogP contribution in [0.5, 0.6) is 0 Å². The van der Waals surface area contributed by atoms with E-state index >= 15 is 0 Å². The van der Waals surface area contributed by atoms with Crippen LogP contribution < -0.4 is 10.6 Å². The Bertz CT molecular complexity index is 472. The highest BCUT2D eigenvalue weighted by molar-refractivity contribution is 7.98. The van der Waals surface area contributed by atoms with Crippen molar-refractivity contribution in [3.63, 3.8) is 0 Å². The summed E-state index contributed by atoms with van der Waals surface area (Å²) in [4.78, 5) is 3.19. The van der Waals surface area contributed by atoms with Crippen LogP contribution >= 0.6 is 11.8 Å². The van der Waals surface area contributed by atoms with Gasteiger partial charge in [-0.2, -0.15) is 0 Å². The molecule has 1 aromatic rings. The Morgan fingerprint density at radius 2 is 2.11 bits per heavy atom. The molecule has 0 aromatic heterocycles. The molecule has 3 N–H and O–H groups in total. The maximum atomic E-state index is 9.01. The molecule has 0 aliphatic heterocycles. The summed E-state index contributed by atoms with van der Waals surface area (Å²) in [5.41, 5.74) is 7.63. The van der Waals surface area contributed by atoms with Crippen LogP contribution in [0.1, 0.15) is 32.8 Å². The summed E-state index contributed by atoms with van der Waals surface area (Å²) >= 11 is 1.59. The van der Waals surface area contributed by atoms with E-state index in [1.54, 1.807) is 11.8 Å². The van der Waals surface area contributed by atoms with Gasteiger partial charge in [0, 0.05) is 23.2 Å². The van der Waals surface area contributed by atoms with Crippen molar-refractivity contribution in [1.29, 1.82) is 0 Å². The topological polar surface area (TPSA) is 61.8 Å². The van der Waals surface area contributed by atoms with E-state index in [0.29, 0.717) is 0 Å². The zero-order valence-electron chi connectivity index (χ0n) is 12.3. The SMILES string of the molecule is CCC(C)(C)N(C)c1cccc(SC)c1/C(N)=N/O. The lowest BCUT2D eigenvalue weighted by Crippen LogP contribution is -2.41. The van der Waals surface area contributed by atoms with Crippen LogP contribution in [0.4, 0.5) is 5.69 Å². The summed E-state index contributed by atoms with van der Waals surface area (Å²) in [5.74, 6) is 0.152. The maximum Gasteiger partial charge on any atom is 0.173 e. The van der Waals surface area contributed by atoms with Crippen LogP contribution in [-0.4, -0.2) is 29.9 Å². The average Bonchev–Trinajstić information content (AvgIpc) is 2.44. The summed E-state index contributed by atoms with van der Waals surface area (Å²) in [6, 6.07) is 5.98. The average molecular weight is 281 g/mol. The van der Waals surface area contributed by atoms with Crippen molar-refractivity contribution < 1.29 is 5.21 Å². The molecule has 1 aromatic carbocycles. The number of hydrogen-bond acceptors (Lipinski definition) is 4. The van der Waals surface area contributed by atoms with Gasteiger partial charge in [0.2, 0.25) is 0 Å². The van der Waals surface area contributed by atoms with Crippen molar-refractivity contribution in [3.8, 4) is 0 Å². The van der Waals surface area contributed by atoms with Gasteiger partial charge in [0.15, 0.2) is 5.84 Å². The number of thioether (sulfide) groups is 1. The van der Waals surface area contributed by atoms with Crippen LogP contribution in [0.15, 0.2) is 28.3 Å². The number of nitrogens with zero attached hydrogens (tertiary/aromatic N) is 2. The first-order valence-corrected chi connectivity index (χ1v) is 7.50. The smallest absolute Gasteiger partial charge is 0.173 e. The molecule has 0 unspecified atom stereocenters. The Labute approximate surface area is 119 Å². The number of nitrogens with two attached hydrogens (primary N) is 1. The number of hydrogen-bond donors (Lipinski definition) is 2. The predicted molar refractivity (Wildman–Crippen MR) is 83.5 cm³/mol. The molecule has 0 aliphatic rings. The quantitative estimate of drug-likeness (QED) is 0.286. The van der Waals surface area contributed by atoms with Crippen LogP contribution in [0.2, 0.25) is 0 Å². The Morgan fingerprint density at radius 3 is 2.58 bits per heavy atom. The Balaban J connectivity index is 3.43. The molecule has 0 bridgehead atoms. The number of rotatable bonds is 5. The summed E-state index contributed by atoms with van der Waals surface area (Å²) in [7, 11) is 2.04. The zero-order chi connectivity index (χ0) is 14.6. The first-order valence-electron chi connectivity index (χ1n) is 6.27. The van der Waals surface area contributed by atoms with Crippen LogP contribution in [0.3, 0.4) is 0 Å². The Kier molecular flexibility index (Phi) is 5.11. The van der Waals surface area contributed by atoms with E-state index in [1.165, 1.54) is 0 Å². The molecular formula is C14H23N3OS. The minimum Gasteiger partial charge on any atom is -0.409 e. The molecule has 0 radical (unpaired) electrons. The fourth-order valence-corrected chi connectivity index (χ4v) is 2.47. The van der Waals surface area contributed by atoms with E-state index in [-0.39, 0.29) is 11.4 Å². The van der Waals surface area contributed by atoms with Crippen molar-refractivity contribution >= 4 is 23.3 Å². The van der Waals surface area contributed by atoms with Gasteiger partial charge in [-0.15, -0.1) is 11.8 Å². The minimum atomic E-state index is 0.00151. The van der Waals surface area contributed by atoms with Crippen molar-refractivity contribution in [3.05, 3.63) is 23.8 Å².